The van der Waals surface area contributed by atoms with Crippen LogP contribution in [0.4, 0.5) is 5.82 Å². The molecule has 0 saturated heterocycles. The van der Waals surface area contributed by atoms with Crippen molar-refractivity contribution in [2.75, 3.05) is 5.73 Å². The molecule has 4 nitrogen and oxygen atoms in total. The van der Waals surface area contributed by atoms with Crippen molar-refractivity contribution in [1.29, 1.82) is 0 Å². The van der Waals surface area contributed by atoms with Gasteiger partial charge >= 0.3 is 0 Å². The molecule has 88 valence electrons. The number of aromatic nitrogens is 2. The van der Waals surface area contributed by atoms with Gasteiger partial charge in [-0.1, -0.05) is 12.1 Å². The van der Waals surface area contributed by atoms with E-state index >= 15 is 0 Å². The summed E-state index contributed by atoms with van der Waals surface area (Å²) in [6.07, 6.45) is 3.36. The summed E-state index contributed by atoms with van der Waals surface area (Å²) in [5.41, 5.74) is 7.26. The first-order valence-electron chi connectivity index (χ1n) is 5.50. The van der Waals surface area contributed by atoms with E-state index in [2.05, 4.69) is 9.97 Å². The first-order chi connectivity index (χ1) is 8.15. The number of hydrogen-bond donors (Lipinski definition) is 1. The number of benzene rings is 1. The molecule has 2 aromatic rings. The molecular formula is C13H15N3O. The summed E-state index contributed by atoms with van der Waals surface area (Å²) < 4.78 is 5.63. The Morgan fingerprint density at radius 2 is 2.00 bits per heavy atom. The maximum absolute atomic E-state index is 5.63. The van der Waals surface area contributed by atoms with Gasteiger partial charge in [0, 0.05) is 5.56 Å². The average molecular weight is 229 g/mol. The smallest absolute Gasteiger partial charge is 0.141 e. The maximum atomic E-state index is 5.63. The lowest BCUT2D eigenvalue weighted by molar-refractivity contribution is 0.242. The molecule has 17 heavy (non-hydrogen) atoms. The van der Waals surface area contributed by atoms with E-state index in [0.29, 0.717) is 5.82 Å². The van der Waals surface area contributed by atoms with Crippen LogP contribution in [0.2, 0.25) is 0 Å². The fourth-order valence-corrected chi connectivity index (χ4v) is 1.49. The maximum Gasteiger partial charge on any atom is 0.141 e. The molecule has 0 spiro atoms. The third-order valence-electron chi connectivity index (χ3n) is 2.17. The van der Waals surface area contributed by atoms with Crippen molar-refractivity contribution in [2.45, 2.75) is 20.0 Å². The van der Waals surface area contributed by atoms with Gasteiger partial charge in [-0.15, -0.1) is 0 Å². The Balaban J connectivity index is 2.29. The van der Waals surface area contributed by atoms with Gasteiger partial charge in [-0.3, -0.25) is 4.98 Å². The minimum atomic E-state index is 0.155. The lowest BCUT2D eigenvalue weighted by atomic mass is 10.1. The van der Waals surface area contributed by atoms with Crippen LogP contribution in [0.15, 0.2) is 36.7 Å². The number of nitrogen functional groups attached to an aromatic ring is 1. The highest BCUT2D eigenvalue weighted by molar-refractivity contribution is 5.60. The Labute approximate surface area is 100 Å². The van der Waals surface area contributed by atoms with E-state index in [1.165, 1.54) is 0 Å². The monoisotopic (exact) mass is 229 g/mol. The van der Waals surface area contributed by atoms with Gasteiger partial charge in [-0.2, -0.15) is 0 Å². The molecule has 1 aromatic heterocycles. The number of hydrogen-bond acceptors (Lipinski definition) is 4. The number of rotatable bonds is 3. The molecule has 1 aromatic carbocycles. The average Bonchev–Trinajstić information content (AvgIpc) is 2.29. The van der Waals surface area contributed by atoms with Gasteiger partial charge < -0.3 is 10.5 Å². The quantitative estimate of drug-likeness (QED) is 0.878. The van der Waals surface area contributed by atoms with Crippen LogP contribution in [-0.2, 0) is 0 Å². The molecule has 1 heterocycles. The number of nitrogens with two attached hydrogens (primary N) is 1. The highest BCUT2D eigenvalue weighted by Crippen LogP contribution is 2.22. The van der Waals surface area contributed by atoms with Gasteiger partial charge in [0.05, 0.1) is 24.2 Å². The zero-order chi connectivity index (χ0) is 12.3. The normalized spacial score (nSPS) is 10.5. The van der Waals surface area contributed by atoms with Crippen LogP contribution in [0, 0.1) is 0 Å². The number of anilines is 1. The molecule has 0 fully saturated rings. The molecule has 0 bridgehead atoms. The van der Waals surface area contributed by atoms with Crippen molar-refractivity contribution in [2.24, 2.45) is 0 Å². The molecule has 2 rings (SSSR count). The standard InChI is InChI=1S/C13H15N3O/c1-9(2)17-11-5-3-4-10(6-11)12-7-16-13(14)8-15-12/h3-9H,1-2H3,(H2,14,16). The minimum Gasteiger partial charge on any atom is -0.491 e. The van der Waals surface area contributed by atoms with Crippen molar-refractivity contribution >= 4 is 5.82 Å². The second-order valence-electron chi connectivity index (χ2n) is 4.02. The van der Waals surface area contributed by atoms with E-state index in [9.17, 15) is 0 Å². The van der Waals surface area contributed by atoms with Gasteiger partial charge in [-0.05, 0) is 26.0 Å². The van der Waals surface area contributed by atoms with Gasteiger partial charge in [0.2, 0.25) is 0 Å². The Kier molecular flexibility index (Phi) is 3.23. The molecular weight excluding hydrogens is 214 g/mol. The molecule has 0 aliphatic rings. The molecule has 0 saturated carbocycles. The van der Waals surface area contributed by atoms with E-state index < -0.39 is 0 Å². The summed E-state index contributed by atoms with van der Waals surface area (Å²) in [4.78, 5) is 8.25. The van der Waals surface area contributed by atoms with Gasteiger partial charge in [0.25, 0.3) is 0 Å². The summed E-state index contributed by atoms with van der Waals surface area (Å²) in [6.45, 7) is 3.99. The first-order valence-corrected chi connectivity index (χ1v) is 5.50. The third kappa shape index (κ3) is 2.93. The van der Waals surface area contributed by atoms with Crippen molar-refractivity contribution < 1.29 is 4.74 Å². The summed E-state index contributed by atoms with van der Waals surface area (Å²) in [6, 6.07) is 7.77. The van der Waals surface area contributed by atoms with Crippen LogP contribution in [-0.4, -0.2) is 16.1 Å². The van der Waals surface area contributed by atoms with Crippen LogP contribution < -0.4 is 10.5 Å². The van der Waals surface area contributed by atoms with E-state index in [1.54, 1.807) is 12.4 Å². The van der Waals surface area contributed by atoms with Crippen LogP contribution in [0.25, 0.3) is 11.3 Å². The van der Waals surface area contributed by atoms with Gasteiger partial charge in [-0.25, -0.2) is 4.98 Å². The SMILES string of the molecule is CC(C)Oc1cccc(-c2cnc(N)cn2)c1. The van der Waals surface area contributed by atoms with E-state index in [1.807, 2.05) is 38.1 Å². The van der Waals surface area contributed by atoms with Gasteiger partial charge in [0.1, 0.15) is 11.6 Å². The highest BCUT2D eigenvalue weighted by Gasteiger charge is 2.03. The van der Waals surface area contributed by atoms with Gasteiger partial charge in [0.15, 0.2) is 0 Å². The van der Waals surface area contributed by atoms with E-state index in [-0.39, 0.29) is 6.10 Å². The second-order valence-corrected chi connectivity index (χ2v) is 4.02. The molecule has 0 aliphatic heterocycles. The van der Waals surface area contributed by atoms with E-state index in [4.69, 9.17) is 10.5 Å². The lowest BCUT2D eigenvalue weighted by Crippen LogP contribution is -2.05. The molecule has 0 atom stereocenters. The lowest BCUT2D eigenvalue weighted by Gasteiger charge is -2.10. The predicted molar refractivity (Wildman–Crippen MR) is 67.6 cm³/mol. The first kappa shape index (κ1) is 11.4. The Bertz CT molecular complexity index is 494. The zero-order valence-electron chi connectivity index (χ0n) is 9.92. The Morgan fingerprint density at radius 3 is 2.65 bits per heavy atom. The summed E-state index contributed by atoms with van der Waals surface area (Å²) in [5, 5.41) is 0. The molecule has 0 aliphatic carbocycles. The van der Waals surface area contributed by atoms with Crippen molar-refractivity contribution in [3.63, 3.8) is 0 Å². The molecule has 4 heteroatoms. The molecule has 2 N–H and O–H groups in total. The Morgan fingerprint density at radius 1 is 1.18 bits per heavy atom. The topological polar surface area (TPSA) is 61.0 Å². The highest BCUT2D eigenvalue weighted by atomic mass is 16.5. The minimum absolute atomic E-state index is 0.155. The molecule has 0 unspecified atom stereocenters. The largest absolute Gasteiger partial charge is 0.491 e. The number of ether oxygens (including phenoxy) is 1. The van der Waals surface area contributed by atoms with Crippen LogP contribution in [0.1, 0.15) is 13.8 Å². The van der Waals surface area contributed by atoms with Crippen LogP contribution >= 0.6 is 0 Å². The van der Waals surface area contributed by atoms with E-state index in [0.717, 1.165) is 17.0 Å². The Hall–Kier alpha value is -2.10. The molecule has 0 amide bonds. The summed E-state index contributed by atoms with van der Waals surface area (Å²) >= 11 is 0. The second kappa shape index (κ2) is 4.82. The fraction of sp³-hybridized carbons (Fsp3) is 0.231. The number of nitrogens with zero attached hydrogens (tertiary/aromatic N) is 2. The zero-order valence-corrected chi connectivity index (χ0v) is 9.92. The third-order valence-corrected chi connectivity index (χ3v) is 2.17. The van der Waals surface area contributed by atoms with Crippen LogP contribution in [0.3, 0.4) is 0 Å². The fourth-order valence-electron chi connectivity index (χ4n) is 1.49. The van der Waals surface area contributed by atoms with Crippen molar-refractivity contribution in [3.8, 4) is 17.0 Å². The van der Waals surface area contributed by atoms with Crippen molar-refractivity contribution in [3.05, 3.63) is 36.7 Å². The van der Waals surface area contributed by atoms with Crippen molar-refractivity contribution in [1.82, 2.24) is 9.97 Å². The predicted octanol–water partition coefficient (Wildman–Crippen LogP) is 2.51. The molecule has 0 radical (unpaired) electrons. The summed E-state index contributed by atoms with van der Waals surface area (Å²) in [7, 11) is 0. The van der Waals surface area contributed by atoms with Crippen LogP contribution in [0.5, 0.6) is 5.75 Å². The summed E-state index contributed by atoms with van der Waals surface area (Å²) in [5.74, 6) is 1.25.